The third kappa shape index (κ3) is 13.2. The van der Waals surface area contributed by atoms with Crippen molar-refractivity contribution in [2.45, 2.75) is 57.4 Å². The minimum absolute atomic E-state index is 0.0827. The van der Waals surface area contributed by atoms with Gasteiger partial charge in [0.1, 0.15) is 34.7 Å². The number of rotatable bonds is 17. The molecule has 4 aromatic heterocycles. The summed E-state index contributed by atoms with van der Waals surface area (Å²) in [5, 5.41) is 27.7. The molecule has 0 saturated carbocycles. The molecule has 70 heavy (non-hydrogen) atoms. The van der Waals surface area contributed by atoms with Gasteiger partial charge >= 0.3 is 23.9 Å². The molecule has 8 aromatic rings. The Bertz CT molecular complexity index is 3170. The number of hydrogen-bond acceptors (Lipinski definition) is 14. The van der Waals surface area contributed by atoms with Crippen LogP contribution in [0.1, 0.15) is 45.1 Å². The molecule has 4 aromatic carbocycles. The molecule has 24 heteroatoms. The van der Waals surface area contributed by atoms with E-state index in [1.807, 2.05) is 0 Å². The summed E-state index contributed by atoms with van der Waals surface area (Å²) in [7, 11) is 0. The van der Waals surface area contributed by atoms with Crippen LogP contribution >= 0.6 is 45.9 Å². The molecule has 0 amide bonds. The topological polar surface area (TPSA) is 202 Å². The van der Waals surface area contributed by atoms with Crippen molar-refractivity contribution in [2.75, 3.05) is 6.61 Å². The molecule has 0 bridgehead atoms. The lowest BCUT2D eigenvalue weighted by Gasteiger charge is -2.09. The van der Waals surface area contributed by atoms with Crippen molar-refractivity contribution in [3.63, 3.8) is 0 Å². The van der Waals surface area contributed by atoms with E-state index in [0.717, 1.165) is 34.8 Å². The minimum atomic E-state index is -4.44. The van der Waals surface area contributed by atoms with Gasteiger partial charge in [0.25, 0.3) is 0 Å². The first-order valence-electron chi connectivity index (χ1n) is 20.6. The Balaban J connectivity index is 0.000000207. The van der Waals surface area contributed by atoms with E-state index in [-0.39, 0.29) is 36.3 Å². The zero-order valence-electron chi connectivity index (χ0n) is 35.9. The fourth-order valence-corrected chi connectivity index (χ4v) is 8.98. The summed E-state index contributed by atoms with van der Waals surface area (Å²) in [6.07, 6.45) is -6.09. The molecule has 0 saturated heterocycles. The Kier molecular flexibility index (Phi) is 16.5. The summed E-state index contributed by atoms with van der Waals surface area (Å²) in [5.41, 5.74) is 1.96. The molecule has 14 nitrogen and oxygen atoms in total. The average molecular weight is 1050 g/mol. The summed E-state index contributed by atoms with van der Waals surface area (Å²) in [6.45, 7) is 3.61. The van der Waals surface area contributed by atoms with Crippen LogP contribution in [-0.4, -0.2) is 53.2 Å². The van der Waals surface area contributed by atoms with E-state index in [1.54, 1.807) is 36.4 Å². The van der Waals surface area contributed by atoms with Crippen LogP contribution in [0.15, 0.2) is 116 Å². The number of alkyl halides is 6. The SMILES string of the molecule is C=CCCc1nc(-c2ccc(C(F)(F)F)cc2)sc1COc1ccc(-c2noc(=O)[nH]2)c(Cl)c1.O=c1[nH]c(-c2ccc(OCc3sc(-c4ccc(C(F)(F)F)cc4)nc3CCC(O)CO)cc2Cl)no1. The summed E-state index contributed by atoms with van der Waals surface area (Å²) in [6, 6.07) is 19.3. The zero-order valence-corrected chi connectivity index (χ0v) is 39.0. The maximum Gasteiger partial charge on any atom is 0.439 e. The van der Waals surface area contributed by atoms with Crippen molar-refractivity contribution < 1.29 is 55.1 Å². The monoisotopic (exact) mass is 1050 g/mol. The molecule has 4 N–H and O–H groups in total. The fourth-order valence-electron chi connectivity index (χ4n) is 6.41. The summed E-state index contributed by atoms with van der Waals surface area (Å²) in [5.74, 6) is -0.122. The van der Waals surface area contributed by atoms with Gasteiger partial charge in [-0.1, -0.05) is 63.9 Å². The van der Waals surface area contributed by atoms with Gasteiger partial charge in [0.15, 0.2) is 11.6 Å². The van der Waals surface area contributed by atoms with Gasteiger partial charge in [0.2, 0.25) is 0 Å². The van der Waals surface area contributed by atoms with E-state index >= 15 is 0 Å². The van der Waals surface area contributed by atoms with Gasteiger partial charge in [-0.2, -0.15) is 26.3 Å². The standard InChI is InChI=1S/C23H19ClF3N3O5S.C23H17ClF3N3O3S/c24-17-9-15(6-7-16(17)20-29-22(33)35-30-20)34-11-19-18(8-5-14(32)10-31)28-21(36-19)12-1-3-13(4-2-12)23(25,26)27;1-2-3-4-18-19(34-21(28-18)13-5-7-14(8-6-13)23(25,26)27)12-32-15-9-10-16(17(24)11-15)20-29-22(31)33-30-20/h1-4,6-7,9,14,31-32H,5,8,10-11H2,(H,29,30,33);2,5-11H,1,3-4,12H2,(H,29,30,31). The number of allylic oxidation sites excluding steroid dienone is 1. The second kappa shape index (κ2) is 22.5. The van der Waals surface area contributed by atoms with Crippen LogP contribution in [0.5, 0.6) is 11.5 Å². The van der Waals surface area contributed by atoms with Gasteiger partial charge in [0, 0.05) is 22.3 Å². The van der Waals surface area contributed by atoms with Gasteiger partial charge in [-0.15, -0.1) is 29.3 Å². The predicted molar refractivity (Wildman–Crippen MR) is 249 cm³/mol. The number of aromatic amines is 2. The molecule has 1 unspecified atom stereocenters. The van der Waals surface area contributed by atoms with Gasteiger partial charge in [-0.3, -0.25) is 19.0 Å². The molecule has 0 spiro atoms. The van der Waals surface area contributed by atoms with Crippen molar-refractivity contribution in [1.82, 2.24) is 30.2 Å². The van der Waals surface area contributed by atoms with Crippen molar-refractivity contribution in [3.05, 3.63) is 161 Å². The van der Waals surface area contributed by atoms with Gasteiger partial charge < -0.3 is 19.7 Å². The van der Waals surface area contributed by atoms with E-state index in [9.17, 15) is 41.0 Å². The van der Waals surface area contributed by atoms with Crippen molar-refractivity contribution >= 4 is 45.9 Å². The number of hydrogen-bond donors (Lipinski definition) is 4. The second-order valence-electron chi connectivity index (χ2n) is 14.9. The molecule has 366 valence electrons. The van der Waals surface area contributed by atoms with Crippen LogP contribution in [0.2, 0.25) is 10.0 Å². The first-order chi connectivity index (χ1) is 33.4. The van der Waals surface area contributed by atoms with E-state index in [4.69, 9.17) is 37.8 Å². The number of aliphatic hydroxyl groups is 2. The smallest absolute Gasteiger partial charge is 0.439 e. The highest BCUT2D eigenvalue weighted by Gasteiger charge is 2.31. The first kappa shape index (κ1) is 51.3. The number of aliphatic hydroxyl groups excluding tert-OH is 2. The van der Waals surface area contributed by atoms with Crippen LogP contribution in [0.3, 0.4) is 0 Å². The average Bonchev–Trinajstić information content (AvgIpc) is 4.16. The number of nitrogens with one attached hydrogen (secondary N) is 2. The third-order valence-corrected chi connectivity index (χ3v) is 12.9. The fraction of sp³-hybridized carbons (Fsp3) is 0.217. The summed E-state index contributed by atoms with van der Waals surface area (Å²) < 4.78 is 98.1. The Morgan fingerprint density at radius 1 is 0.686 bits per heavy atom. The van der Waals surface area contributed by atoms with E-state index in [2.05, 4.69) is 45.9 Å². The first-order valence-corrected chi connectivity index (χ1v) is 23.0. The molecule has 0 aliphatic heterocycles. The highest BCUT2D eigenvalue weighted by Crippen LogP contribution is 2.37. The van der Waals surface area contributed by atoms with Crippen molar-refractivity contribution in [2.24, 2.45) is 0 Å². The number of aryl methyl sites for hydroxylation is 2. The maximum atomic E-state index is 12.9. The summed E-state index contributed by atoms with van der Waals surface area (Å²) >= 11 is 15.2. The lowest BCUT2D eigenvalue weighted by molar-refractivity contribution is -0.138. The van der Waals surface area contributed by atoms with Crippen LogP contribution in [0.4, 0.5) is 26.3 Å². The van der Waals surface area contributed by atoms with E-state index < -0.39 is 47.7 Å². The minimum Gasteiger partial charge on any atom is -0.488 e. The number of nitrogens with zero attached hydrogens (tertiary/aromatic N) is 4. The predicted octanol–water partition coefficient (Wildman–Crippen LogP) is 11.2. The number of benzene rings is 4. The van der Waals surface area contributed by atoms with E-state index in [0.29, 0.717) is 78.6 Å². The van der Waals surface area contributed by atoms with Crippen LogP contribution in [0.25, 0.3) is 43.9 Å². The Labute approximate surface area is 409 Å². The Morgan fingerprint density at radius 3 is 1.47 bits per heavy atom. The van der Waals surface area contributed by atoms with Crippen LogP contribution in [-0.2, 0) is 38.4 Å². The van der Waals surface area contributed by atoms with Crippen molar-refractivity contribution in [3.8, 4) is 55.4 Å². The molecule has 0 aliphatic rings. The second-order valence-corrected chi connectivity index (χ2v) is 17.9. The molecule has 1 atom stereocenters. The van der Waals surface area contributed by atoms with Crippen LogP contribution in [0, 0.1) is 0 Å². The molecule has 0 radical (unpaired) electrons. The number of halogens is 8. The highest BCUT2D eigenvalue weighted by atomic mass is 35.5. The zero-order chi connectivity index (χ0) is 50.2. The number of H-pyrrole nitrogens is 2. The van der Waals surface area contributed by atoms with Gasteiger partial charge in [0.05, 0.1) is 55.0 Å². The van der Waals surface area contributed by atoms with Crippen LogP contribution < -0.4 is 21.0 Å². The lowest BCUT2D eigenvalue weighted by Crippen LogP contribution is -2.13. The van der Waals surface area contributed by atoms with Crippen molar-refractivity contribution in [1.29, 1.82) is 0 Å². The normalized spacial score (nSPS) is 12.1. The maximum absolute atomic E-state index is 12.9. The molecular formula is C46H36Cl2F6N6O8S2. The quantitative estimate of drug-likeness (QED) is 0.0497. The number of aromatic nitrogens is 6. The highest BCUT2D eigenvalue weighted by molar-refractivity contribution is 7.15. The number of thiazole rings is 2. The number of ether oxygens (including phenoxy) is 2. The largest absolute Gasteiger partial charge is 0.488 e. The molecule has 8 rings (SSSR count). The van der Waals surface area contributed by atoms with E-state index in [1.165, 1.54) is 53.0 Å². The lowest BCUT2D eigenvalue weighted by atomic mass is 10.1. The van der Waals surface area contributed by atoms with Gasteiger partial charge in [-0.25, -0.2) is 19.6 Å². The third-order valence-electron chi connectivity index (χ3n) is 10.00. The molecule has 0 fully saturated rings. The Morgan fingerprint density at radius 2 is 1.11 bits per heavy atom. The molecular weight excluding hydrogens is 1010 g/mol. The Hall–Kier alpha value is -6.56. The molecule has 4 heterocycles. The molecule has 0 aliphatic carbocycles. The summed E-state index contributed by atoms with van der Waals surface area (Å²) in [4.78, 5) is 37.9. The van der Waals surface area contributed by atoms with Gasteiger partial charge in [-0.05, 0) is 86.3 Å².